The fourth-order valence-electron chi connectivity index (χ4n) is 2.21. The van der Waals surface area contributed by atoms with E-state index >= 15 is 0 Å². The van der Waals surface area contributed by atoms with Crippen molar-refractivity contribution in [2.45, 2.75) is 0 Å². The van der Waals surface area contributed by atoms with Crippen molar-refractivity contribution < 1.29 is 14.5 Å². The number of nitrogens with one attached hydrogen (secondary N) is 1. The highest BCUT2D eigenvalue weighted by atomic mass is 16.6. The first-order valence-corrected chi connectivity index (χ1v) is 7.27. The number of hydrogen-bond donors (Lipinski definition) is 1. The molecule has 2 aromatic carbocycles. The number of nitro groups is 1. The van der Waals surface area contributed by atoms with Crippen LogP contribution in [0.1, 0.15) is 15.9 Å². The molecule has 2 rings (SSSR count). The number of anilines is 1. The molecule has 25 heavy (non-hydrogen) atoms. The van der Waals surface area contributed by atoms with E-state index < -0.39 is 10.7 Å². The van der Waals surface area contributed by atoms with Gasteiger partial charge in [0.2, 0.25) is 5.78 Å². The molecule has 7 nitrogen and oxygen atoms in total. The van der Waals surface area contributed by atoms with Gasteiger partial charge in [-0.05, 0) is 42.0 Å². The molecule has 0 aromatic heterocycles. The van der Waals surface area contributed by atoms with Gasteiger partial charge in [0.05, 0.1) is 12.0 Å². The maximum absolute atomic E-state index is 12.4. The Kier molecular flexibility index (Phi) is 5.48. The van der Waals surface area contributed by atoms with Crippen LogP contribution < -0.4 is 10.1 Å². The molecule has 0 aliphatic carbocycles. The van der Waals surface area contributed by atoms with E-state index in [-0.39, 0.29) is 11.3 Å². The van der Waals surface area contributed by atoms with Gasteiger partial charge < -0.3 is 10.1 Å². The lowest BCUT2D eigenvalue weighted by atomic mass is 10.0. The van der Waals surface area contributed by atoms with E-state index in [2.05, 4.69) is 5.32 Å². The van der Waals surface area contributed by atoms with Crippen LogP contribution in [0.3, 0.4) is 0 Å². The monoisotopic (exact) mass is 337 g/mol. The summed E-state index contributed by atoms with van der Waals surface area (Å²) in [7, 11) is 3.09. The molecule has 0 bridgehead atoms. The summed E-state index contributed by atoms with van der Waals surface area (Å²) in [5.41, 5.74) is 0.823. The first-order valence-electron chi connectivity index (χ1n) is 7.27. The minimum atomic E-state index is -0.527. The third-order valence-electron chi connectivity index (χ3n) is 3.52. The van der Waals surface area contributed by atoms with E-state index in [0.717, 1.165) is 0 Å². The number of carbonyl (C=O) groups excluding carboxylic acids is 1. The minimum Gasteiger partial charge on any atom is -0.497 e. The van der Waals surface area contributed by atoms with Crippen LogP contribution in [0.25, 0.3) is 6.08 Å². The molecule has 0 spiro atoms. The standard InChI is InChI=1S/C18H15N3O4/c1-20-16-8-3-12(10-17(16)21(23)24)9-14(11-19)18(22)13-4-6-15(25-2)7-5-13/h3-10,20H,1-2H3/b14-9+. The van der Waals surface area contributed by atoms with E-state index in [1.165, 1.54) is 25.3 Å². The molecule has 7 heteroatoms. The molecule has 2 aromatic rings. The van der Waals surface area contributed by atoms with Crippen molar-refractivity contribution in [2.24, 2.45) is 0 Å². The number of ketones is 1. The van der Waals surface area contributed by atoms with E-state index in [0.29, 0.717) is 22.6 Å². The van der Waals surface area contributed by atoms with Crippen molar-refractivity contribution in [1.29, 1.82) is 5.26 Å². The zero-order valence-corrected chi connectivity index (χ0v) is 13.6. The fourth-order valence-corrected chi connectivity index (χ4v) is 2.21. The quantitative estimate of drug-likeness (QED) is 0.285. The molecule has 0 fully saturated rings. The highest BCUT2D eigenvalue weighted by molar-refractivity contribution is 6.14. The van der Waals surface area contributed by atoms with Gasteiger partial charge in [0.1, 0.15) is 23.1 Å². The first kappa shape index (κ1) is 17.7. The van der Waals surface area contributed by atoms with Gasteiger partial charge in [-0.15, -0.1) is 0 Å². The molecule has 126 valence electrons. The van der Waals surface area contributed by atoms with Crippen LogP contribution >= 0.6 is 0 Å². The second-order valence-electron chi connectivity index (χ2n) is 5.01. The summed E-state index contributed by atoms with van der Waals surface area (Å²) < 4.78 is 5.03. The molecular weight excluding hydrogens is 322 g/mol. The summed E-state index contributed by atoms with van der Waals surface area (Å²) >= 11 is 0. The molecule has 0 aliphatic rings. The topological polar surface area (TPSA) is 105 Å². The van der Waals surface area contributed by atoms with Crippen LogP contribution in [0, 0.1) is 21.4 Å². The molecule has 0 aliphatic heterocycles. The number of nitriles is 1. The summed E-state index contributed by atoms with van der Waals surface area (Å²) in [6.45, 7) is 0. The Morgan fingerprint density at radius 2 is 1.96 bits per heavy atom. The Labute approximate surface area is 144 Å². The van der Waals surface area contributed by atoms with Crippen molar-refractivity contribution in [3.63, 3.8) is 0 Å². The number of nitrogens with zero attached hydrogens (tertiary/aromatic N) is 2. The van der Waals surface area contributed by atoms with Gasteiger partial charge in [-0.2, -0.15) is 5.26 Å². The summed E-state index contributed by atoms with van der Waals surface area (Å²) in [6.07, 6.45) is 1.33. The SMILES string of the molecule is CNc1ccc(/C=C(\C#N)C(=O)c2ccc(OC)cc2)cc1[N+](=O)[O-]. The van der Waals surface area contributed by atoms with Crippen LogP contribution in [0.5, 0.6) is 5.75 Å². The van der Waals surface area contributed by atoms with Crippen molar-refractivity contribution in [2.75, 3.05) is 19.5 Å². The Bertz CT molecular complexity index is 880. The number of hydrogen-bond acceptors (Lipinski definition) is 6. The van der Waals surface area contributed by atoms with Gasteiger partial charge in [-0.3, -0.25) is 14.9 Å². The second kappa shape index (κ2) is 7.75. The van der Waals surface area contributed by atoms with Crippen LogP contribution in [-0.2, 0) is 0 Å². The molecule has 0 atom stereocenters. The Morgan fingerprint density at radius 3 is 2.48 bits per heavy atom. The molecule has 0 amide bonds. The molecule has 0 radical (unpaired) electrons. The number of carbonyl (C=O) groups is 1. The Hall–Kier alpha value is -3.66. The Morgan fingerprint density at radius 1 is 1.28 bits per heavy atom. The number of rotatable bonds is 6. The summed E-state index contributed by atoms with van der Waals surface area (Å²) in [5, 5.41) is 23.1. The molecule has 1 N–H and O–H groups in total. The average molecular weight is 337 g/mol. The second-order valence-corrected chi connectivity index (χ2v) is 5.01. The van der Waals surface area contributed by atoms with Crippen LogP contribution in [0.4, 0.5) is 11.4 Å². The number of nitro benzene ring substituents is 1. The van der Waals surface area contributed by atoms with Crippen molar-refractivity contribution in [1.82, 2.24) is 0 Å². The van der Waals surface area contributed by atoms with Gasteiger partial charge in [0.15, 0.2) is 0 Å². The zero-order valence-electron chi connectivity index (χ0n) is 13.6. The largest absolute Gasteiger partial charge is 0.497 e. The zero-order chi connectivity index (χ0) is 18.4. The predicted molar refractivity (Wildman–Crippen MR) is 93.6 cm³/mol. The smallest absolute Gasteiger partial charge is 0.292 e. The number of benzene rings is 2. The van der Waals surface area contributed by atoms with Crippen LogP contribution in [0.15, 0.2) is 48.0 Å². The molecular formula is C18H15N3O4. The molecule has 0 saturated heterocycles. The number of allylic oxidation sites excluding steroid dienone is 1. The average Bonchev–Trinajstić information content (AvgIpc) is 2.65. The third-order valence-corrected chi connectivity index (χ3v) is 3.52. The molecule has 0 heterocycles. The molecule has 0 unspecified atom stereocenters. The maximum Gasteiger partial charge on any atom is 0.292 e. The van der Waals surface area contributed by atoms with Crippen molar-refractivity contribution >= 4 is 23.2 Å². The highest BCUT2D eigenvalue weighted by Gasteiger charge is 2.15. The van der Waals surface area contributed by atoms with Gasteiger partial charge in [-0.1, -0.05) is 6.07 Å². The minimum absolute atomic E-state index is 0.114. The fraction of sp³-hybridized carbons (Fsp3) is 0.111. The summed E-state index contributed by atoms with van der Waals surface area (Å²) in [6, 6.07) is 12.6. The predicted octanol–water partition coefficient (Wildman–Crippen LogP) is 3.43. The first-order chi connectivity index (χ1) is 12.0. The van der Waals surface area contributed by atoms with Gasteiger partial charge in [0, 0.05) is 18.7 Å². The van der Waals surface area contributed by atoms with E-state index in [1.54, 1.807) is 37.4 Å². The summed E-state index contributed by atoms with van der Waals surface area (Å²) in [5.74, 6) is 0.128. The Balaban J connectivity index is 2.39. The van der Waals surface area contributed by atoms with Crippen LogP contribution in [0.2, 0.25) is 0 Å². The normalized spacial score (nSPS) is 10.7. The number of Topliss-reactive ketones (excluding diaryl/α,β-unsaturated/α-hetero) is 1. The number of ether oxygens (including phenoxy) is 1. The van der Waals surface area contributed by atoms with Crippen LogP contribution in [-0.4, -0.2) is 24.9 Å². The summed E-state index contributed by atoms with van der Waals surface area (Å²) in [4.78, 5) is 23.0. The molecule has 0 saturated carbocycles. The maximum atomic E-state index is 12.4. The van der Waals surface area contributed by atoms with E-state index in [9.17, 15) is 20.2 Å². The van der Waals surface area contributed by atoms with Crippen molar-refractivity contribution in [3.8, 4) is 11.8 Å². The highest BCUT2D eigenvalue weighted by Crippen LogP contribution is 2.26. The lowest BCUT2D eigenvalue weighted by Gasteiger charge is -2.04. The number of methoxy groups -OCH3 is 1. The van der Waals surface area contributed by atoms with Gasteiger partial charge in [0.25, 0.3) is 5.69 Å². The van der Waals surface area contributed by atoms with E-state index in [4.69, 9.17) is 4.74 Å². The third kappa shape index (κ3) is 4.00. The van der Waals surface area contributed by atoms with Crippen molar-refractivity contribution in [3.05, 3.63) is 69.3 Å². The lowest BCUT2D eigenvalue weighted by Crippen LogP contribution is -2.02. The van der Waals surface area contributed by atoms with Gasteiger partial charge in [-0.25, -0.2) is 0 Å². The van der Waals surface area contributed by atoms with Gasteiger partial charge >= 0.3 is 0 Å². The lowest BCUT2D eigenvalue weighted by molar-refractivity contribution is -0.383. The van der Waals surface area contributed by atoms with E-state index in [1.807, 2.05) is 6.07 Å².